The lowest BCUT2D eigenvalue weighted by molar-refractivity contribution is -0.105. The summed E-state index contributed by atoms with van der Waals surface area (Å²) in [4.78, 5) is 23.5. The van der Waals surface area contributed by atoms with E-state index in [0.29, 0.717) is 47.0 Å². The van der Waals surface area contributed by atoms with Gasteiger partial charge in [-0.3, -0.25) is 9.78 Å². The van der Waals surface area contributed by atoms with Crippen LogP contribution in [-0.4, -0.2) is 36.4 Å². The SMILES string of the molecule is Cc1nc(Cn2nnc3c(-c4ccco4)nc(N)nc32)ccc1NC=O. The number of fused-ring (bicyclic) bond motifs is 1. The largest absolute Gasteiger partial charge is 0.463 e. The van der Waals surface area contributed by atoms with E-state index in [1.54, 1.807) is 35.2 Å². The summed E-state index contributed by atoms with van der Waals surface area (Å²) < 4.78 is 6.98. The molecule has 0 unspecified atom stereocenters. The molecule has 0 bridgehead atoms. The molecule has 0 aliphatic rings. The Bertz CT molecular complexity index is 1090. The number of carbonyl (C=O) groups excluding carboxylic acids is 1. The lowest BCUT2D eigenvalue weighted by Gasteiger charge is -2.07. The summed E-state index contributed by atoms with van der Waals surface area (Å²) in [6.07, 6.45) is 2.16. The summed E-state index contributed by atoms with van der Waals surface area (Å²) in [7, 11) is 0. The van der Waals surface area contributed by atoms with E-state index < -0.39 is 0 Å². The fourth-order valence-electron chi connectivity index (χ4n) is 2.64. The number of aryl methyl sites for hydroxylation is 1. The van der Waals surface area contributed by atoms with Crippen LogP contribution in [-0.2, 0) is 11.3 Å². The van der Waals surface area contributed by atoms with Crippen molar-refractivity contribution >= 4 is 29.2 Å². The van der Waals surface area contributed by atoms with Crippen molar-refractivity contribution in [3.8, 4) is 11.5 Å². The molecule has 130 valence electrons. The van der Waals surface area contributed by atoms with Crippen molar-refractivity contribution in [2.45, 2.75) is 13.5 Å². The number of hydrogen-bond acceptors (Lipinski definition) is 8. The van der Waals surface area contributed by atoms with Crippen LogP contribution in [0.4, 0.5) is 11.6 Å². The minimum atomic E-state index is 0.0992. The quantitative estimate of drug-likeness (QED) is 0.515. The van der Waals surface area contributed by atoms with Gasteiger partial charge in [-0.15, -0.1) is 5.10 Å². The van der Waals surface area contributed by atoms with Crippen molar-refractivity contribution in [1.29, 1.82) is 0 Å². The van der Waals surface area contributed by atoms with Crippen molar-refractivity contribution in [1.82, 2.24) is 29.9 Å². The highest BCUT2D eigenvalue weighted by atomic mass is 16.3. The molecular formula is C16H14N8O2. The lowest BCUT2D eigenvalue weighted by Crippen LogP contribution is -2.08. The predicted octanol–water partition coefficient (Wildman–Crippen LogP) is 1.38. The molecule has 0 saturated carbocycles. The van der Waals surface area contributed by atoms with E-state index >= 15 is 0 Å². The van der Waals surface area contributed by atoms with E-state index in [2.05, 4.69) is 30.6 Å². The summed E-state index contributed by atoms with van der Waals surface area (Å²) in [5, 5.41) is 10.9. The molecular weight excluding hydrogens is 336 g/mol. The smallest absolute Gasteiger partial charge is 0.222 e. The van der Waals surface area contributed by atoms with E-state index in [-0.39, 0.29) is 5.95 Å². The summed E-state index contributed by atoms with van der Waals surface area (Å²) >= 11 is 0. The maximum absolute atomic E-state index is 10.6. The van der Waals surface area contributed by atoms with Gasteiger partial charge < -0.3 is 15.5 Å². The summed E-state index contributed by atoms with van der Waals surface area (Å²) in [6, 6.07) is 7.10. The Labute approximate surface area is 147 Å². The third-order valence-electron chi connectivity index (χ3n) is 3.80. The summed E-state index contributed by atoms with van der Waals surface area (Å²) in [6.45, 7) is 2.15. The molecule has 26 heavy (non-hydrogen) atoms. The number of nitrogens with one attached hydrogen (secondary N) is 1. The molecule has 0 radical (unpaired) electrons. The second kappa shape index (κ2) is 6.24. The molecule has 1 amide bonds. The lowest BCUT2D eigenvalue weighted by atomic mass is 10.2. The minimum absolute atomic E-state index is 0.0992. The van der Waals surface area contributed by atoms with Gasteiger partial charge in [-0.05, 0) is 31.2 Å². The van der Waals surface area contributed by atoms with Crippen LogP contribution < -0.4 is 11.1 Å². The minimum Gasteiger partial charge on any atom is -0.463 e. The Kier molecular flexibility index (Phi) is 3.77. The average molecular weight is 350 g/mol. The average Bonchev–Trinajstić information content (AvgIpc) is 3.27. The highest BCUT2D eigenvalue weighted by Gasteiger charge is 2.17. The molecule has 0 aliphatic carbocycles. The first-order valence-electron chi connectivity index (χ1n) is 7.73. The Morgan fingerprint density at radius 3 is 2.88 bits per heavy atom. The molecule has 4 heterocycles. The Morgan fingerprint density at radius 2 is 2.15 bits per heavy atom. The molecule has 0 saturated heterocycles. The molecule has 3 N–H and O–H groups in total. The maximum Gasteiger partial charge on any atom is 0.222 e. The van der Waals surface area contributed by atoms with Crippen LogP contribution in [0.5, 0.6) is 0 Å². The first kappa shape index (κ1) is 15.7. The molecule has 4 aromatic heterocycles. The van der Waals surface area contributed by atoms with Crippen LogP contribution in [0.15, 0.2) is 34.9 Å². The number of rotatable bonds is 5. The van der Waals surface area contributed by atoms with Crippen LogP contribution in [0, 0.1) is 6.92 Å². The van der Waals surface area contributed by atoms with E-state index in [1.807, 2.05) is 6.92 Å². The number of amides is 1. The van der Waals surface area contributed by atoms with Crippen LogP contribution in [0.3, 0.4) is 0 Å². The van der Waals surface area contributed by atoms with Crippen LogP contribution in [0.1, 0.15) is 11.4 Å². The maximum atomic E-state index is 10.6. The third-order valence-corrected chi connectivity index (χ3v) is 3.80. The van der Waals surface area contributed by atoms with Gasteiger partial charge in [-0.2, -0.15) is 4.98 Å². The molecule has 0 spiro atoms. The topological polar surface area (TPSA) is 138 Å². The monoisotopic (exact) mass is 350 g/mol. The number of anilines is 2. The summed E-state index contributed by atoms with van der Waals surface area (Å²) in [5.74, 6) is 0.636. The number of furan rings is 1. The molecule has 4 aromatic rings. The molecule has 10 heteroatoms. The van der Waals surface area contributed by atoms with Crippen LogP contribution in [0.25, 0.3) is 22.6 Å². The molecule has 0 atom stereocenters. The highest BCUT2D eigenvalue weighted by molar-refractivity contribution is 5.85. The van der Waals surface area contributed by atoms with Gasteiger partial charge in [0, 0.05) is 0 Å². The predicted molar refractivity (Wildman–Crippen MR) is 93.0 cm³/mol. The highest BCUT2D eigenvalue weighted by Crippen LogP contribution is 2.25. The second-order valence-electron chi connectivity index (χ2n) is 5.52. The van der Waals surface area contributed by atoms with Gasteiger partial charge in [0.2, 0.25) is 12.4 Å². The number of aromatic nitrogens is 6. The second-order valence-corrected chi connectivity index (χ2v) is 5.52. The molecule has 0 fully saturated rings. The van der Waals surface area contributed by atoms with Crippen molar-refractivity contribution in [2.24, 2.45) is 0 Å². The molecule has 10 nitrogen and oxygen atoms in total. The Morgan fingerprint density at radius 1 is 1.27 bits per heavy atom. The van der Waals surface area contributed by atoms with E-state index in [1.165, 1.54) is 0 Å². The van der Waals surface area contributed by atoms with Crippen LogP contribution in [0.2, 0.25) is 0 Å². The van der Waals surface area contributed by atoms with E-state index in [9.17, 15) is 4.79 Å². The van der Waals surface area contributed by atoms with Crippen LogP contribution >= 0.6 is 0 Å². The zero-order chi connectivity index (χ0) is 18.1. The number of carbonyl (C=O) groups is 1. The summed E-state index contributed by atoms with van der Waals surface area (Å²) in [5.41, 5.74) is 9.39. The van der Waals surface area contributed by atoms with Gasteiger partial charge >= 0.3 is 0 Å². The standard InChI is InChI=1S/C16H14N8O2/c1-9-11(18-8-25)5-4-10(19-9)7-24-15-14(22-23-24)13(20-16(17)21-15)12-3-2-6-26-12/h2-6,8H,7H2,1H3,(H,18,25)(H2,17,20,21). The van der Waals surface area contributed by atoms with Gasteiger partial charge in [0.1, 0.15) is 5.69 Å². The first-order valence-corrected chi connectivity index (χ1v) is 7.73. The molecule has 4 rings (SSSR count). The Hall–Kier alpha value is -3.82. The zero-order valence-electron chi connectivity index (χ0n) is 13.7. The van der Waals surface area contributed by atoms with Gasteiger partial charge in [0.25, 0.3) is 0 Å². The van der Waals surface area contributed by atoms with Crippen molar-refractivity contribution in [3.05, 3.63) is 41.9 Å². The van der Waals surface area contributed by atoms with Gasteiger partial charge in [0.05, 0.1) is 29.9 Å². The van der Waals surface area contributed by atoms with Gasteiger partial charge in [0.15, 0.2) is 16.9 Å². The Balaban J connectivity index is 1.74. The fourth-order valence-corrected chi connectivity index (χ4v) is 2.64. The fraction of sp³-hybridized carbons (Fsp3) is 0.125. The zero-order valence-corrected chi connectivity index (χ0v) is 13.7. The van der Waals surface area contributed by atoms with Crippen molar-refractivity contribution in [2.75, 3.05) is 11.1 Å². The van der Waals surface area contributed by atoms with Gasteiger partial charge in [-0.25, -0.2) is 9.67 Å². The number of hydrogen-bond donors (Lipinski definition) is 2. The van der Waals surface area contributed by atoms with Crippen molar-refractivity contribution in [3.63, 3.8) is 0 Å². The number of nitrogen functional groups attached to an aromatic ring is 1. The van der Waals surface area contributed by atoms with Gasteiger partial charge in [-0.1, -0.05) is 5.21 Å². The van der Waals surface area contributed by atoms with Crippen molar-refractivity contribution < 1.29 is 9.21 Å². The molecule has 0 aliphatic heterocycles. The first-order chi connectivity index (χ1) is 12.7. The number of nitrogens with zero attached hydrogens (tertiary/aromatic N) is 6. The van der Waals surface area contributed by atoms with E-state index in [4.69, 9.17) is 10.2 Å². The molecule has 0 aromatic carbocycles. The number of pyridine rings is 1. The third kappa shape index (κ3) is 2.73. The normalized spacial score (nSPS) is 11.0. The number of nitrogens with two attached hydrogens (primary N) is 1. The van der Waals surface area contributed by atoms with E-state index in [0.717, 1.165) is 5.69 Å².